The Hall–Kier alpha value is -0.770. The molecule has 1 aromatic carbocycles. The number of halogens is 2. The summed E-state index contributed by atoms with van der Waals surface area (Å²) in [6.07, 6.45) is 0. The number of rotatable bonds is 4. The van der Waals surface area contributed by atoms with Gasteiger partial charge < -0.3 is 10.4 Å². The second kappa shape index (κ2) is 5.35. The van der Waals surface area contributed by atoms with Gasteiger partial charge in [-0.15, -0.1) is 0 Å². The minimum Gasteiger partial charge on any atom is -0.480 e. The van der Waals surface area contributed by atoms with Crippen molar-refractivity contribution in [3.63, 3.8) is 0 Å². The fourth-order valence-electron chi connectivity index (χ4n) is 1.29. The molecule has 82 valence electrons. The average molecular weight is 248 g/mol. The van der Waals surface area contributed by atoms with Gasteiger partial charge in [0.25, 0.3) is 0 Å². The van der Waals surface area contributed by atoms with Crippen molar-refractivity contribution in [1.29, 1.82) is 0 Å². The molecule has 3 nitrogen and oxygen atoms in total. The van der Waals surface area contributed by atoms with Gasteiger partial charge in [-0.25, -0.2) is 0 Å². The number of carboxylic acids is 1. The summed E-state index contributed by atoms with van der Waals surface area (Å²) < 4.78 is 0. The maximum Gasteiger partial charge on any atom is 0.325 e. The van der Waals surface area contributed by atoms with Crippen LogP contribution in [0.15, 0.2) is 18.2 Å². The molecule has 2 N–H and O–H groups in total. The topological polar surface area (TPSA) is 49.3 Å². The smallest absolute Gasteiger partial charge is 0.325 e. The molecule has 1 rings (SSSR count). The first-order chi connectivity index (χ1) is 7.04. The molecule has 0 heterocycles. The number of nitrogens with one attached hydrogen (secondary N) is 1. The highest BCUT2D eigenvalue weighted by Gasteiger charge is 2.18. The molecule has 0 bridgehead atoms. The third-order valence-electron chi connectivity index (χ3n) is 1.87. The van der Waals surface area contributed by atoms with Gasteiger partial charge in [0.15, 0.2) is 0 Å². The van der Waals surface area contributed by atoms with Gasteiger partial charge >= 0.3 is 5.97 Å². The molecule has 1 atom stereocenters. The number of aliphatic carboxylic acids is 1. The number of hydrogen-bond donors (Lipinski definition) is 2. The molecule has 5 heteroatoms. The maximum absolute atomic E-state index is 11.0. The van der Waals surface area contributed by atoms with E-state index in [0.717, 1.165) is 0 Å². The molecule has 0 saturated carbocycles. The zero-order valence-corrected chi connectivity index (χ0v) is 9.64. The van der Waals surface area contributed by atoms with Crippen LogP contribution >= 0.6 is 23.2 Å². The Balaban J connectivity index is 3.05. The van der Waals surface area contributed by atoms with Crippen LogP contribution in [0.4, 0.5) is 0 Å². The van der Waals surface area contributed by atoms with Crippen LogP contribution in [0.2, 0.25) is 10.0 Å². The third kappa shape index (κ3) is 3.38. The Morgan fingerprint density at radius 3 is 2.33 bits per heavy atom. The summed E-state index contributed by atoms with van der Waals surface area (Å²) in [5.41, 5.74) is 0.557. The molecule has 0 fully saturated rings. The van der Waals surface area contributed by atoms with Crippen LogP contribution in [-0.2, 0) is 4.79 Å². The average Bonchev–Trinajstić information content (AvgIpc) is 2.11. The molecule has 1 aromatic rings. The lowest BCUT2D eigenvalue weighted by molar-refractivity contribution is -0.139. The van der Waals surface area contributed by atoms with Crippen molar-refractivity contribution in [3.8, 4) is 0 Å². The summed E-state index contributed by atoms with van der Waals surface area (Å²) in [4.78, 5) is 11.0. The van der Waals surface area contributed by atoms with E-state index in [1.807, 2.05) is 6.92 Å². The number of hydrogen-bond acceptors (Lipinski definition) is 2. The molecule has 1 unspecified atom stereocenters. The second-order valence-corrected chi connectivity index (χ2v) is 3.90. The van der Waals surface area contributed by atoms with Crippen molar-refractivity contribution in [2.24, 2.45) is 0 Å². The van der Waals surface area contributed by atoms with Gasteiger partial charge in [-0.2, -0.15) is 0 Å². The van der Waals surface area contributed by atoms with Crippen LogP contribution in [0.25, 0.3) is 0 Å². The summed E-state index contributed by atoms with van der Waals surface area (Å²) in [6, 6.07) is 3.98. The number of carboxylic acid groups (broad SMARTS) is 1. The Morgan fingerprint density at radius 2 is 1.93 bits per heavy atom. The lowest BCUT2D eigenvalue weighted by Gasteiger charge is -2.13. The largest absolute Gasteiger partial charge is 0.480 e. The molecule has 15 heavy (non-hydrogen) atoms. The molecule has 0 aliphatic heterocycles. The summed E-state index contributed by atoms with van der Waals surface area (Å²) in [7, 11) is 0. The molecule has 0 spiro atoms. The molecule has 0 amide bonds. The predicted octanol–water partition coefficient (Wildman–Crippen LogP) is 2.73. The highest BCUT2D eigenvalue weighted by Crippen LogP contribution is 2.23. The van der Waals surface area contributed by atoms with Crippen molar-refractivity contribution in [3.05, 3.63) is 33.8 Å². The Labute approximate surface area is 98.0 Å². The van der Waals surface area contributed by atoms with Gasteiger partial charge in [0.1, 0.15) is 6.04 Å². The minimum absolute atomic E-state index is 0.432. The van der Waals surface area contributed by atoms with Crippen molar-refractivity contribution >= 4 is 29.2 Å². The number of carbonyl (C=O) groups is 1. The summed E-state index contributed by atoms with van der Waals surface area (Å²) in [5, 5.41) is 12.7. The molecular formula is C10H11Cl2NO2. The molecule has 0 aromatic heterocycles. The molecule has 0 aliphatic rings. The van der Waals surface area contributed by atoms with Crippen LogP contribution in [0, 0.1) is 0 Å². The van der Waals surface area contributed by atoms with E-state index in [1.165, 1.54) is 0 Å². The van der Waals surface area contributed by atoms with E-state index < -0.39 is 12.0 Å². The first-order valence-corrected chi connectivity index (χ1v) is 5.22. The van der Waals surface area contributed by atoms with Crippen molar-refractivity contribution in [1.82, 2.24) is 5.32 Å². The van der Waals surface area contributed by atoms with Crippen LogP contribution in [0.3, 0.4) is 0 Å². The monoisotopic (exact) mass is 247 g/mol. The molecule has 0 saturated heterocycles. The highest BCUT2D eigenvalue weighted by atomic mass is 35.5. The van der Waals surface area contributed by atoms with E-state index in [1.54, 1.807) is 18.2 Å². The predicted molar refractivity (Wildman–Crippen MR) is 60.5 cm³/mol. The molecular weight excluding hydrogens is 237 g/mol. The quantitative estimate of drug-likeness (QED) is 0.861. The maximum atomic E-state index is 11.0. The minimum atomic E-state index is -0.949. The van der Waals surface area contributed by atoms with Crippen LogP contribution < -0.4 is 5.32 Å². The van der Waals surface area contributed by atoms with Crippen molar-refractivity contribution < 1.29 is 9.90 Å². The lowest BCUT2D eigenvalue weighted by atomic mass is 10.1. The first-order valence-electron chi connectivity index (χ1n) is 4.46. The molecule has 0 aliphatic carbocycles. The number of likely N-dealkylation sites (N-methyl/N-ethyl adjacent to an activating group) is 1. The summed E-state index contributed by atoms with van der Waals surface area (Å²) in [6.45, 7) is 2.39. The van der Waals surface area contributed by atoms with Gasteiger partial charge in [-0.05, 0) is 30.3 Å². The Bertz CT molecular complexity index is 348. The van der Waals surface area contributed by atoms with E-state index in [0.29, 0.717) is 22.2 Å². The number of benzene rings is 1. The zero-order valence-electron chi connectivity index (χ0n) is 8.13. The van der Waals surface area contributed by atoms with Gasteiger partial charge in [-0.1, -0.05) is 30.1 Å². The third-order valence-corrected chi connectivity index (χ3v) is 2.31. The second-order valence-electron chi connectivity index (χ2n) is 3.03. The fourth-order valence-corrected chi connectivity index (χ4v) is 1.84. The SMILES string of the molecule is CCNC(C(=O)O)c1cc(Cl)cc(Cl)c1. The van der Waals surface area contributed by atoms with E-state index in [4.69, 9.17) is 28.3 Å². The van der Waals surface area contributed by atoms with Gasteiger partial charge in [-0.3, -0.25) is 4.79 Å². The first kappa shape index (κ1) is 12.3. The van der Waals surface area contributed by atoms with E-state index in [2.05, 4.69) is 5.32 Å². The van der Waals surface area contributed by atoms with Gasteiger partial charge in [0, 0.05) is 10.0 Å². The van der Waals surface area contributed by atoms with Crippen molar-refractivity contribution in [2.75, 3.05) is 6.54 Å². The Kier molecular flexibility index (Phi) is 4.39. The van der Waals surface area contributed by atoms with Crippen LogP contribution in [0.1, 0.15) is 18.5 Å². The molecule has 0 radical (unpaired) electrons. The summed E-state index contributed by atoms with van der Waals surface area (Å²) in [5.74, 6) is -0.949. The van der Waals surface area contributed by atoms with E-state index in [-0.39, 0.29) is 0 Å². The summed E-state index contributed by atoms with van der Waals surface area (Å²) >= 11 is 11.6. The highest BCUT2D eigenvalue weighted by molar-refractivity contribution is 6.34. The van der Waals surface area contributed by atoms with Crippen LogP contribution in [0.5, 0.6) is 0 Å². The van der Waals surface area contributed by atoms with Gasteiger partial charge in [0.05, 0.1) is 0 Å². The van der Waals surface area contributed by atoms with E-state index in [9.17, 15) is 4.79 Å². The zero-order chi connectivity index (χ0) is 11.4. The van der Waals surface area contributed by atoms with Crippen molar-refractivity contribution in [2.45, 2.75) is 13.0 Å². The Morgan fingerprint density at radius 1 is 1.40 bits per heavy atom. The van der Waals surface area contributed by atoms with Crippen LogP contribution in [-0.4, -0.2) is 17.6 Å². The van der Waals surface area contributed by atoms with E-state index >= 15 is 0 Å². The standard InChI is InChI=1S/C10H11Cl2NO2/c1-2-13-9(10(14)15)6-3-7(11)5-8(12)4-6/h3-5,9,13H,2H2,1H3,(H,14,15). The fraction of sp³-hybridized carbons (Fsp3) is 0.300. The lowest BCUT2D eigenvalue weighted by Crippen LogP contribution is -2.28. The van der Waals surface area contributed by atoms with Gasteiger partial charge in [0.2, 0.25) is 0 Å². The normalized spacial score (nSPS) is 12.5.